The molecule has 0 spiro atoms. The van der Waals surface area contributed by atoms with Gasteiger partial charge in [-0.3, -0.25) is 4.99 Å². The van der Waals surface area contributed by atoms with E-state index in [0.717, 1.165) is 0 Å². The van der Waals surface area contributed by atoms with Crippen LogP contribution in [0.3, 0.4) is 0 Å². The van der Waals surface area contributed by atoms with E-state index in [2.05, 4.69) is 39.1 Å². The van der Waals surface area contributed by atoms with Crippen LogP contribution in [-0.4, -0.2) is 6.72 Å². The Balaban J connectivity index is 2.36. The van der Waals surface area contributed by atoms with Crippen molar-refractivity contribution < 1.29 is 0 Å². The molecule has 1 nitrogen and oxygen atoms in total. The summed E-state index contributed by atoms with van der Waals surface area (Å²) in [6.45, 7) is 14.9. The molecule has 2 aliphatic rings. The minimum absolute atomic E-state index is 0.478. The molecule has 0 aliphatic heterocycles. The SMILES string of the molecule is C=NC(=C(C)C)[C@@H]1CC[C@@]2(C)CCCC(=C)[C@@H]12. The standard InChI is InChI=1S/C16H25N/c1-11(2)15(17-5)13-8-10-16(4)9-6-7-12(3)14(13)16/h13-14H,3,5-10H2,1-2,4H3/t13-,14+,16-/m1/s1. The normalized spacial score (nSPS) is 36.5. The summed E-state index contributed by atoms with van der Waals surface area (Å²) in [7, 11) is 0. The largest absolute Gasteiger partial charge is 0.269 e. The van der Waals surface area contributed by atoms with Crippen LogP contribution in [-0.2, 0) is 0 Å². The topological polar surface area (TPSA) is 12.4 Å². The molecule has 0 bridgehead atoms. The molecule has 0 N–H and O–H groups in total. The highest BCUT2D eigenvalue weighted by atomic mass is 14.7. The van der Waals surface area contributed by atoms with E-state index < -0.39 is 0 Å². The third-order valence-electron chi connectivity index (χ3n) is 4.90. The predicted octanol–water partition coefficient (Wildman–Crippen LogP) is 4.75. The van der Waals surface area contributed by atoms with Crippen LogP contribution in [0.4, 0.5) is 0 Å². The second kappa shape index (κ2) is 4.44. The highest BCUT2D eigenvalue weighted by molar-refractivity contribution is 5.34. The lowest BCUT2D eigenvalue weighted by Gasteiger charge is -2.40. The van der Waals surface area contributed by atoms with Gasteiger partial charge < -0.3 is 0 Å². The molecule has 3 atom stereocenters. The van der Waals surface area contributed by atoms with Gasteiger partial charge in [0, 0.05) is 11.6 Å². The van der Waals surface area contributed by atoms with Gasteiger partial charge in [0.15, 0.2) is 0 Å². The molecule has 0 aromatic heterocycles. The molecule has 2 aliphatic carbocycles. The lowest BCUT2D eigenvalue weighted by molar-refractivity contribution is 0.184. The van der Waals surface area contributed by atoms with Crippen molar-refractivity contribution in [2.75, 3.05) is 0 Å². The maximum absolute atomic E-state index is 4.34. The minimum Gasteiger partial charge on any atom is -0.269 e. The Kier molecular flexibility index (Phi) is 3.29. The molecule has 0 aromatic carbocycles. The average Bonchev–Trinajstić information content (AvgIpc) is 2.58. The van der Waals surface area contributed by atoms with Gasteiger partial charge in [-0.15, -0.1) is 0 Å². The molecular weight excluding hydrogens is 206 g/mol. The Morgan fingerprint density at radius 3 is 2.65 bits per heavy atom. The lowest BCUT2D eigenvalue weighted by atomic mass is 9.65. The Morgan fingerprint density at radius 1 is 1.35 bits per heavy atom. The van der Waals surface area contributed by atoms with E-state index >= 15 is 0 Å². The molecule has 0 radical (unpaired) electrons. The Morgan fingerprint density at radius 2 is 2.06 bits per heavy atom. The summed E-state index contributed by atoms with van der Waals surface area (Å²) in [6.07, 6.45) is 6.49. The summed E-state index contributed by atoms with van der Waals surface area (Å²) < 4.78 is 0. The van der Waals surface area contributed by atoms with Crippen LogP contribution >= 0.6 is 0 Å². The molecule has 2 saturated carbocycles. The number of hydrogen-bond acceptors (Lipinski definition) is 1. The van der Waals surface area contributed by atoms with Crippen LogP contribution < -0.4 is 0 Å². The predicted molar refractivity (Wildman–Crippen MR) is 75.2 cm³/mol. The Bertz CT molecular complexity index is 373. The molecule has 0 saturated heterocycles. The highest BCUT2D eigenvalue weighted by Gasteiger charge is 2.48. The van der Waals surface area contributed by atoms with Crippen molar-refractivity contribution >= 4 is 6.72 Å². The van der Waals surface area contributed by atoms with Crippen LogP contribution in [0, 0.1) is 17.3 Å². The quantitative estimate of drug-likeness (QED) is 0.480. The van der Waals surface area contributed by atoms with Crippen molar-refractivity contribution in [2.45, 2.75) is 52.9 Å². The zero-order chi connectivity index (χ0) is 12.6. The van der Waals surface area contributed by atoms with Gasteiger partial charge in [-0.1, -0.05) is 24.6 Å². The second-order valence-corrected chi connectivity index (χ2v) is 6.33. The Hall–Kier alpha value is -0.850. The monoisotopic (exact) mass is 231 g/mol. The Labute approximate surface area is 106 Å². The van der Waals surface area contributed by atoms with Gasteiger partial charge in [0.05, 0.1) is 0 Å². The highest BCUT2D eigenvalue weighted by Crippen LogP contribution is 2.58. The summed E-state index contributed by atoms with van der Waals surface area (Å²) in [5.41, 5.74) is 4.50. The summed E-state index contributed by atoms with van der Waals surface area (Å²) >= 11 is 0. The third-order valence-corrected chi connectivity index (χ3v) is 4.90. The number of fused-ring (bicyclic) bond motifs is 1. The zero-order valence-corrected chi connectivity index (χ0v) is 11.6. The molecule has 2 fully saturated rings. The lowest BCUT2D eigenvalue weighted by Crippen LogP contribution is -2.31. The van der Waals surface area contributed by atoms with Crippen molar-refractivity contribution in [1.29, 1.82) is 0 Å². The van der Waals surface area contributed by atoms with Crippen molar-refractivity contribution in [3.05, 3.63) is 23.4 Å². The van der Waals surface area contributed by atoms with Crippen LogP contribution in [0.1, 0.15) is 52.9 Å². The maximum Gasteiger partial charge on any atom is 0.0419 e. The average molecular weight is 231 g/mol. The molecule has 1 heteroatoms. The van der Waals surface area contributed by atoms with Crippen molar-refractivity contribution in [2.24, 2.45) is 22.2 Å². The van der Waals surface area contributed by atoms with Crippen LogP contribution in [0.5, 0.6) is 0 Å². The molecule has 17 heavy (non-hydrogen) atoms. The summed E-state index contributed by atoms with van der Waals surface area (Å²) in [5, 5.41) is 0. The fourth-order valence-corrected chi connectivity index (χ4v) is 4.17. The fourth-order valence-electron chi connectivity index (χ4n) is 4.17. The van der Waals surface area contributed by atoms with Crippen molar-refractivity contribution in [3.63, 3.8) is 0 Å². The van der Waals surface area contributed by atoms with Crippen LogP contribution in [0.25, 0.3) is 0 Å². The number of nitrogens with zero attached hydrogens (tertiary/aromatic N) is 1. The molecule has 94 valence electrons. The van der Waals surface area contributed by atoms with Gasteiger partial charge in [0.25, 0.3) is 0 Å². The number of aliphatic imine (C=N–C) groups is 1. The van der Waals surface area contributed by atoms with Gasteiger partial charge in [-0.2, -0.15) is 0 Å². The van der Waals surface area contributed by atoms with Gasteiger partial charge in [-0.25, -0.2) is 0 Å². The van der Waals surface area contributed by atoms with E-state index in [1.54, 1.807) is 0 Å². The number of allylic oxidation sites excluding steroid dienone is 3. The van der Waals surface area contributed by atoms with E-state index in [1.165, 1.54) is 48.9 Å². The van der Waals surface area contributed by atoms with Crippen molar-refractivity contribution in [3.8, 4) is 0 Å². The minimum atomic E-state index is 0.478. The smallest absolute Gasteiger partial charge is 0.0419 e. The van der Waals surface area contributed by atoms with Crippen LogP contribution in [0.15, 0.2) is 28.4 Å². The first-order chi connectivity index (χ1) is 7.99. The number of rotatable bonds is 2. The van der Waals surface area contributed by atoms with Crippen molar-refractivity contribution in [1.82, 2.24) is 0 Å². The molecule has 0 unspecified atom stereocenters. The molecule has 0 aromatic rings. The first kappa shape index (κ1) is 12.6. The van der Waals surface area contributed by atoms with Gasteiger partial charge in [0.2, 0.25) is 0 Å². The fraction of sp³-hybridized carbons (Fsp3) is 0.688. The van der Waals surface area contributed by atoms with Gasteiger partial charge in [0.1, 0.15) is 0 Å². The first-order valence-corrected chi connectivity index (χ1v) is 6.81. The van der Waals surface area contributed by atoms with E-state index in [1.807, 2.05) is 0 Å². The molecule has 0 heterocycles. The summed E-state index contributed by atoms with van der Waals surface area (Å²) in [6, 6.07) is 0. The number of hydrogen-bond donors (Lipinski definition) is 0. The van der Waals surface area contributed by atoms with Crippen LogP contribution in [0.2, 0.25) is 0 Å². The van der Waals surface area contributed by atoms with E-state index in [4.69, 9.17) is 0 Å². The molecule has 2 rings (SSSR count). The van der Waals surface area contributed by atoms with E-state index in [9.17, 15) is 0 Å². The molecule has 0 amide bonds. The summed E-state index contributed by atoms with van der Waals surface area (Å²) in [4.78, 5) is 4.31. The van der Waals surface area contributed by atoms with Gasteiger partial charge >= 0.3 is 0 Å². The molecular formula is C16H25N. The zero-order valence-electron chi connectivity index (χ0n) is 11.6. The van der Waals surface area contributed by atoms with Gasteiger partial charge in [-0.05, 0) is 64.0 Å². The second-order valence-electron chi connectivity index (χ2n) is 6.33. The maximum atomic E-state index is 4.34. The van der Waals surface area contributed by atoms with E-state index in [0.29, 0.717) is 17.3 Å². The van der Waals surface area contributed by atoms with E-state index in [-0.39, 0.29) is 0 Å². The summed E-state index contributed by atoms with van der Waals surface area (Å²) in [5.74, 6) is 1.22. The third kappa shape index (κ3) is 2.00. The first-order valence-electron chi connectivity index (χ1n) is 6.81.